The van der Waals surface area contributed by atoms with Gasteiger partial charge in [-0.05, 0) is 130 Å². The highest BCUT2D eigenvalue weighted by Gasteiger charge is 2.24. The van der Waals surface area contributed by atoms with E-state index in [2.05, 4.69) is 15.7 Å². The zero-order valence-corrected chi connectivity index (χ0v) is 20.8. The van der Waals surface area contributed by atoms with E-state index in [1.54, 1.807) is 12.1 Å². The number of sulfonamides is 1. The van der Waals surface area contributed by atoms with Crippen molar-refractivity contribution in [2.75, 3.05) is 30.6 Å². The number of nitrogens with one attached hydrogen (secondary N) is 1. The van der Waals surface area contributed by atoms with Crippen molar-refractivity contribution in [3.05, 3.63) is 64.5 Å². The average Bonchev–Trinajstić information content (AvgIpc) is 2.95. The van der Waals surface area contributed by atoms with Crippen LogP contribution in [0.1, 0.15) is 54.4 Å². The molecule has 4 nitrogen and oxygen atoms in total. The molecule has 1 N–H and O–H groups in total. The molecule has 1 aliphatic carbocycles. The Morgan fingerprint density at radius 2 is 1.67 bits per heavy atom. The lowest BCUT2D eigenvalue weighted by atomic mass is 9.83. The van der Waals surface area contributed by atoms with Gasteiger partial charge in [0.05, 0.1) is 6.26 Å². The van der Waals surface area contributed by atoms with Crippen molar-refractivity contribution in [1.29, 1.82) is 0 Å². The minimum Gasteiger partial charge on any atom is -0.303 e. The van der Waals surface area contributed by atoms with Gasteiger partial charge in [0.2, 0.25) is 10.0 Å². The summed E-state index contributed by atoms with van der Waals surface area (Å²) >= 11 is 0. The highest BCUT2D eigenvalue weighted by molar-refractivity contribution is 7.92. The third-order valence-corrected chi connectivity index (χ3v) is 8.14. The zero-order valence-electron chi connectivity index (χ0n) is 19.9. The molecule has 0 amide bonds. The summed E-state index contributed by atoms with van der Waals surface area (Å²) in [4.78, 5) is 2.57. The summed E-state index contributed by atoms with van der Waals surface area (Å²) in [5.41, 5.74) is 5.67. The molecule has 1 heterocycles. The third kappa shape index (κ3) is 7.03. The Hall–Kier alpha value is -1.92. The van der Waals surface area contributed by atoms with Crippen LogP contribution in [0.4, 0.5) is 10.1 Å². The smallest absolute Gasteiger partial charge is 0.229 e. The van der Waals surface area contributed by atoms with Crippen LogP contribution in [-0.2, 0) is 29.3 Å². The second kappa shape index (κ2) is 10.6. The molecule has 2 aromatic carbocycles. The van der Waals surface area contributed by atoms with E-state index in [4.69, 9.17) is 0 Å². The lowest BCUT2D eigenvalue weighted by Gasteiger charge is -2.33. The van der Waals surface area contributed by atoms with Crippen LogP contribution in [-0.4, -0.2) is 39.2 Å². The number of aryl methyl sites for hydroxylation is 3. The number of piperidine rings is 1. The van der Waals surface area contributed by atoms with Crippen LogP contribution < -0.4 is 4.72 Å². The molecular formula is C27H37FN2O2S. The van der Waals surface area contributed by atoms with Crippen molar-refractivity contribution < 1.29 is 12.8 Å². The van der Waals surface area contributed by atoms with E-state index >= 15 is 0 Å². The third-order valence-electron chi connectivity index (χ3n) is 7.53. The molecule has 0 aromatic heterocycles. The summed E-state index contributed by atoms with van der Waals surface area (Å²) in [7, 11) is -3.24. The molecule has 2 aliphatic rings. The van der Waals surface area contributed by atoms with Gasteiger partial charge in [-0.1, -0.05) is 12.1 Å². The first-order valence-electron chi connectivity index (χ1n) is 12.3. The monoisotopic (exact) mass is 472 g/mol. The van der Waals surface area contributed by atoms with Crippen molar-refractivity contribution in [2.45, 2.75) is 58.3 Å². The van der Waals surface area contributed by atoms with Gasteiger partial charge in [-0.2, -0.15) is 0 Å². The van der Waals surface area contributed by atoms with Crippen molar-refractivity contribution in [3.8, 4) is 0 Å². The molecule has 0 spiro atoms. The first kappa shape index (κ1) is 24.2. The zero-order chi connectivity index (χ0) is 23.4. The topological polar surface area (TPSA) is 49.4 Å². The molecule has 0 unspecified atom stereocenters. The molecule has 33 heavy (non-hydrogen) atoms. The van der Waals surface area contributed by atoms with Crippen LogP contribution in [0, 0.1) is 24.6 Å². The normalized spacial score (nSPS) is 20.3. The Balaban J connectivity index is 1.22. The highest BCUT2D eigenvalue weighted by atomic mass is 32.2. The summed E-state index contributed by atoms with van der Waals surface area (Å²) in [5.74, 6) is 1.41. The maximum Gasteiger partial charge on any atom is 0.229 e. The summed E-state index contributed by atoms with van der Waals surface area (Å²) in [6.45, 7) is 5.39. The number of benzene rings is 2. The fourth-order valence-corrected chi connectivity index (χ4v) is 6.17. The van der Waals surface area contributed by atoms with Gasteiger partial charge in [-0.15, -0.1) is 0 Å². The number of likely N-dealkylation sites (tertiary alicyclic amines) is 1. The highest BCUT2D eigenvalue weighted by Crippen LogP contribution is 2.33. The van der Waals surface area contributed by atoms with Crippen molar-refractivity contribution in [2.24, 2.45) is 11.8 Å². The number of rotatable bonds is 7. The number of halogens is 1. The summed E-state index contributed by atoms with van der Waals surface area (Å²) in [6.07, 6.45) is 10.6. The Kier molecular flexibility index (Phi) is 7.75. The fraction of sp³-hybridized carbons (Fsp3) is 0.556. The number of fused-ring (bicyclic) bond motifs is 1. The molecule has 1 aliphatic heterocycles. The average molecular weight is 473 g/mol. The van der Waals surface area contributed by atoms with E-state index in [1.807, 2.05) is 25.1 Å². The van der Waals surface area contributed by atoms with Crippen LogP contribution in [0.2, 0.25) is 0 Å². The molecule has 1 fully saturated rings. The van der Waals surface area contributed by atoms with E-state index in [0.29, 0.717) is 5.69 Å². The SMILES string of the molecule is Cc1cc(F)ccc1CCN1CCC(C[C@H]2CCc3ccc(NS(C)(=O)=O)cc3CC2)CC1. The van der Waals surface area contributed by atoms with Gasteiger partial charge in [0, 0.05) is 12.2 Å². The number of anilines is 1. The van der Waals surface area contributed by atoms with Crippen molar-refractivity contribution in [3.63, 3.8) is 0 Å². The second-order valence-electron chi connectivity index (χ2n) is 10.1. The molecule has 2 aromatic rings. The minimum atomic E-state index is -3.24. The van der Waals surface area contributed by atoms with E-state index in [9.17, 15) is 12.8 Å². The van der Waals surface area contributed by atoms with E-state index < -0.39 is 10.0 Å². The number of hydrogen-bond acceptors (Lipinski definition) is 3. The molecule has 1 atom stereocenters. The Bertz CT molecular complexity index is 1060. The fourth-order valence-electron chi connectivity index (χ4n) is 5.61. The van der Waals surface area contributed by atoms with E-state index in [0.717, 1.165) is 43.2 Å². The lowest BCUT2D eigenvalue weighted by Crippen LogP contribution is -2.35. The van der Waals surface area contributed by atoms with Gasteiger partial charge >= 0.3 is 0 Å². The molecule has 0 bridgehead atoms. The molecule has 0 radical (unpaired) electrons. The number of hydrogen-bond donors (Lipinski definition) is 1. The predicted octanol–water partition coefficient (Wildman–Crippen LogP) is 5.35. The maximum atomic E-state index is 13.3. The standard InChI is InChI=1S/C27H37FN2O2S/c1-20-17-26(28)9-7-23(20)13-16-30-14-11-22(12-15-30)18-21-3-5-24-8-10-27(29-33(2,31)32)19-25(24)6-4-21/h7-10,17,19,21-22,29H,3-6,11-16,18H2,1-2H3/t21-/m0/s1. The number of nitrogens with zero attached hydrogens (tertiary/aromatic N) is 1. The van der Waals surface area contributed by atoms with Crippen LogP contribution in [0.25, 0.3) is 0 Å². The van der Waals surface area contributed by atoms with Gasteiger partial charge in [0.25, 0.3) is 0 Å². The molecule has 1 saturated heterocycles. The maximum absolute atomic E-state index is 13.3. The van der Waals surface area contributed by atoms with Gasteiger partial charge < -0.3 is 4.90 Å². The lowest BCUT2D eigenvalue weighted by molar-refractivity contribution is 0.165. The first-order valence-corrected chi connectivity index (χ1v) is 14.2. The van der Waals surface area contributed by atoms with Crippen LogP contribution in [0.3, 0.4) is 0 Å². The Labute approximate surface area is 198 Å². The van der Waals surface area contributed by atoms with E-state index in [1.165, 1.54) is 68.1 Å². The van der Waals surface area contributed by atoms with Gasteiger partial charge in [-0.25, -0.2) is 12.8 Å². The van der Waals surface area contributed by atoms with Crippen LogP contribution >= 0.6 is 0 Å². The Morgan fingerprint density at radius 3 is 2.36 bits per heavy atom. The summed E-state index contributed by atoms with van der Waals surface area (Å²) in [5, 5.41) is 0. The largest absolute Gasteiger partial charge is 0.303 e. The summed E-state index contributed by atoms with van der Waals surface area (Å²) < 4.78 is 39.0. The summed E-state index contributed by atoms with van der Waals surface area (Å²) in [6, 6.07) is 11.2. The van der Waals surface area contributed by atoms with Gasteiger partial charge in [-0.3, -0.25) is 4.72 Å². The molecule has 6 heteroatoms. The van der Waals surface area contributed by atoms with E-state index in [-0.39, 0.29) is 5.82 Å². The van der Waals surface area contributed by atoms with Crippen molar-refractivity contribution >= 4 is 15.7 Å². The van der Waals surface area contributed by atoms with Crippen LogP contribution in [0.5, 0.6) is 0 Å². The quantitative estimate of drug-likeness (QED) is 0.553. The second-order valence-corrected chi connectivity index (χ2v) is 11.9. The van der Waals surface area contributed by atoms with Crippen LogP contribution in [0.15, 0.2) is 36.4 Å². The van der Waals surface area contributed by atoms with Crippen molar-refractivity contribution in [1.82, 2.24) is 4.90 Å². The van der Waals surface area contributed by atoms with Gasteiger partial charge in [0.15, 0.2) is 0 Å². The first-order chi connectivity index (χ1) is 15.7. The predicted molar refractivity (Wildman–Crippen MR) is 134 cm³/mol. The molecule has 4 rings (SSSR count). The minimum absolute atomic E-state index is 0.148. The Morgan fingerprint density at radius 1 is 0.970 bits per heavy atom. The molecular weight excluding hydrogens is 435 g/mol. The molecule has 180 valence electrons. The van der Waals surface area contributed by atoms with Gasteiger partial charge in [0.1, 0.15) is 5.82 Å². The molecule has 0 saturated carbocycles.